The minimum Gasteiger partial charge on any atom is -0.481 e. The van der Waals surface area contributed by atoms with Crippen LogP contribution in [0.25, 0.3) is 0 Å². The van der Waals surface area contributed by atoms with Crippen LogP contribution in [0, 0.1) is 0 Å². The first-order valence-electron chi connectivity index (χ1n) is 5.78. The summed E-state index contributed by atoms with van der Waals surface area (Å²) in [4.78, 5) is 34.7. The Morgan fingerprint density at radius 3 is 2.71 bits per heavy atom. The van der Waals surface area contributed by atoms with Crippen molar-refractivity contribution < 1.29 is 19.5 Å². The van der Waals surface area contributed by atoms with E-state index in [1.54, 1.807) is 4.90 Å². The van der Waals surface area contributed by atoms with Crippen LogP contribution in [-0.2, 0) is 14.4 Å². The Kier molecular flexibility index (Phi) is 4.93. The molecule has 6 heteroatoms. The summed E-state index contributed by atoms with van der Waals surface area (Å²) in [6.45, 7) is 3.05. The summed E-state index contributed by atoms with van der Waals surface area (Å²) in [5.41, 5.74) is 0. The number of carboxylic acids is 1. The average Bonchev–Trinajstić information content (AvgIpc) is 2.61. The highest BCUT2D eigenvalue weighted by Crippen LogP contribution is 2.09. The lowest BCUT2D eigenvalue weighted by atomic mass is 10.2. The molecule has 0 saturated carbocycles. The van der Waals surface area contributed by atoms with E-state index in [1.165, 1.54) is 0 Å². The van der Waals surface area contributed by atoms with Crippen molar-refractivity contribution >= 4 is 17.8 Å². The van der Waals surface area contributed by atoms with Crippen LogP contribution in [-0.4, -0.2) is 46.9 Å². The number of aliphatic carboxylic acids is 1. The van der Waals surface area contributed by atoms with E-state index in [2.05, 4.69) is 5.32 Å². The number of likely N-dealkylation sites (tertiary alicyclic amines) is 1. The molecular weight excluding hydrogens is 224 g/mol. The predicted molar refractivity (Wildman–Crippen MR) is 60.3 cm³/mol. The highest BCUT2D eigenvalue weighted by molar-refractivity contribution is 5.81. The van der Waals surface area contributed by atoms with Gasteiger partial charge in [-0.2, -0.15) is 0 Å². The van der Waals surface area contributed by atoms with Gasteiger partial charge in [-0.3, -0.25) is 14.4 Å². The number of rotatable bonds is 6. The first-order chi connectivity index (χ1) is 7.99. The smallest absolute Gasteiger partial charge is 0.303 e. The van der Waals surface area contributed by atoms with E-state index in [4.69, 9.17) is 5.11 Å². The molecule has 0 bridgehead atoms. The molecule has 96 valence electrons. The Morgan fingerprint density at radius 1 is 1.47 bits per heavy atom. The van der Waals surface area contributed by atoms with Gasteiger partial charge >= 0.3 is 5.97 Å². The Balaban J connectivity index is 2.24. The lowest BCUT2D eigenvalue weighted by Gasteiger charge is -2.21. The molecule has 2 N–H and O–H groups in total. The van der Waals surface area contributed by atoms with Gasteiger partial charge in [0.1, 0.15) is 0 Å². The predicted octanol–water partition coefficient (Wildman–Crippen LogP) is -0.0217. The van der Waals surface area contributed by atoms with Crippen LogP contribution in [0.5, 0.6) is 0 Å². The van der Waals surface area contributed by atoms with Crippen LogP contribution in [0.15, 0.2) is 0 Å². The molecule has 1 atom stereocenters. The molecule has 1 aliphatic rings. The average molecular weight is 242 g/mol. The number of amides is 2. The van der Waals surface area contributed by atoms with Gasteiger partial charge in [-0.05, 0) is 13.3 Å². The fourth-order valence-electron chi connectivity index (χ4n) is 1.84. The number of carboxylic acid groups (broad SMARTS) is 1. The summed E-state index contributed by atoms with van der Waals surface area (Å²) in [5.74, 6) is -1.15. The minimum absolute atomic E-state index is 0.0202. The fraction of sp³-hybridized carbons (Fsp3) is 0.727. The number of carbonyl (C=O) groups excluding carboxylic acids is 2. The van der Waals surface area contributed by atoms with Gasteiger partial charge in [0, 0.05) is 32.0 Å². The summed E-state index contributed by atoms with van der Waals surface area (Å²) in [7, 11) is 0. The molecule has 0 aromatic carbocycles. The summed E-state index contributed by atoms with van der Waals surface area (Å²) in [5, 5.41) is 11.1. The molecule has 17 heavy (non-hydrogen) atoms. The summed E-state index contributed by atoms with van der Waals surface area (Å²) in [6.07, 6.45) is 1.27. The van der Waals surface area contributed by atoms with Gasteiger partial charge in [-0.1, -0.05) is 0 Å². The molecule has 1 saturated heterocycles. The van der Waals surface area contributed by atoms with Crippen molar-refractivity contribution in [3.8, 4) is 0 Å². The van der Waals surface area contributed by atoms with Gasteiger partial charge in [0.2, 0.25) is 11.8 Å². The second kappa shape index (κ2) is 6.22. The Labute approximate surface area is 100.0 Å². The number of nitrogens with one attached hydrogen (secondary N) is 1. The van der Waals surface area contributed by atoms with Gasteiger partial charge in [-0.25, -0.2) is 0 Å². The van der Waals surface area contributed by atoms with Crippen LogP contribution in [0.3, 0.4) is 0 Å². The molecule has 1 rings (SSSR count). The minimum atomic E-state index is -0.984. The molecule has 1 aliphatic heterocycles. The number of nitrogens with zero attached hydrogens (tertiary/aromatic N) is 1. The second-order valence-electron chi connectivity index (χ2n) is 4.31. The van der Waals surface area contributed by atoms with Crippen molar-refractivity contribution in [3.05, 3.63) is 0 Å². The van der Waals surface area contributed by atoms with Crippen LogP contribution in [0.2, 0.25) is 0 Å². The van der Waals surface area contributed by atoms with Crippen LogP contribution >= 0.6 is 0 Å². The van der Waals surface area contributed by atoms with Crippen LogP contribution < -0.4 is 5.32 Å². The molecule has 1 unspecified atom stereocenters. The van der Waals surface area contributed by atoms with E-state index in [1.807, 2.05) is 6.92 Å². The maximum absolute atomic E-state index is 11.3. The van der Waals surface area contributed by atoms with Gasteiger partial charge in [0.25, 0.3) is 0 Å². The zero-order valence-corrected chi connectivity index (χ0v) is 9.94. The van der Waals surface area contributed by atoms with Crippen molar-refractivity contribution in [3.63, 3.8) is 0 Å². The van der Waals surface area contributed by atoms with E-state index in [0.29, 0.717) is 13.0 Å². The van der Waals surface area contributed by atoms with Crippen molar-refractivity contribution in [2.24, 2.45) is 0 Å². The number of hydrogen-bond acceptors (Lipinski definition) is 3. The lowest BCUT2D eigenvalue weighted by Crippen LogP contribution is -2.42. The van der Waals surface area contributed by atoms with Crippen molar-refractivity contribution in [1.29, 1.82) is 0 Å². The van der Waals surface area contributed by atoms with Crippen molar-refractivity contribution in [2.45, 2.75) is 38.6 Å². The highest BCUT2D eigenvalue weighted by atomic mass is 16.4. The zero-order chi connectivity index (χ0) is 12.8. The molecule has 0 aromatic heterocycles. The summed E-state index contributed by atoms with van der Waals surface area (Å²) >= 11 is 0. The first-order valence-corrected chi connectivity index (χ1v) is 5.78. The maximum Gasteiger partial charge on any atom is 0.303 e. The third kappa shape index (κ3) is 4.84. The Bertz CT molecular complexity index is 317. The maximum atomic E-state index is 11.3. The largest absolute Gasteiger partial charge is 0.481 e. The third-order valence-corrected chi connectivity index (χ3v) is 2.64. The normalized spacial score (nSPS) is 17.0. The Morgan fingerprint density at radius 2 is 2.18 bits per heavy atom. The summed E-state index contributed by atoms with van der Waals surface area (Å²) < 4.78 is 0. The monoisotopic (exact) mass is 242 g/mol. The molecule has 6 nitrogen and oxygen atoms in total. The van der Waals surface area contributed by atoms with Gasteiger partial charge in [0.05, 0.1) is 6.42 Å². The molecule has 0 spiro atoms. The highest BCUT2D eigenvalue weighted by Gasteiger charge is 2.22. The summed E-state index contributed by atoms with van der Waals surface area (Å²) in [6, 6.07) is -0.140. The van der Waals surface area contributed by atoms with Crippen molar-refractivity contribution in [1.82, 2.24) is 10.2 Å². The zero-order valence-electron chi connectivity index (χ0n) is 9.94. The van der Waals surface area contributed by atoms with Crippen LogP contribution in [0.4, 0.5) is 0 Å². The SMILES string of the molecule is CC(CN1CCCC1=O)NC(=O)CCC(=O)O. The van der Waals surface area contributed by atoms with E-state index in [0.717, 1.165) is 13.0 Å². The third-order valence-electron chi connectivity index (χ3n) is 2.64. The van der Waals surface area contributed by atoms with Gasteiger partial charge in [0.15, 0.2) is 0 Å². The molecule has 1 heterocycles. The van der Waals surface area contributed by atoms with Gasteiger partial charge in [-0.15, -0.1) is 0 Å². The van der Waals surface area contributed by atoms with E-state index >= 15 is 0 Å². The first kappa shape index (κ1) is 13.5. The van der Waals surface area contributed by atoms with E-state index in [9.17, 15) is 14.4 Å². The molecule has 0 radical (unpaired) electrons. The fourth-order valence-corrected chi connectivity index (χ4v) is 1.84. The topological polar surface area (TPSA) is 86.7 Å². The Hall–Kier alpha value is -1.59. The second-order valence-corrected chi connectivity index (χ2v) is 4.31. The van der Waals surface area contributed by atoms with E-state index < -0.39 is 5.97 Å². The molecular formula is C11H18N2O4. The van der Waals surface area contributed by atoms with Gasteiger partial charge < -0.3 is 15.3 Å². The molecule has 1 fully saturated rings. The van der Waals surface area contributed by atoms with Crippen LogP contribution in [0.1, 0.15) is 32.6 Å². The molecule has 2 amide bonds. The lowest BCUT2D eigenvalue weighted by molar-refractivity contribution is -0.138. The molecule has 0 aromatic rings. The number of hydrogen-bond donors (Lipinski definition) is 2. The van der Waals surface area contributed by atoms with E-state index in [-0.39, 0.29) is 30.7 Å². The number of carbonyl (C=O) groups is 3. The quantitative estimate of drug-likeness (QED) is 0.685. The standard InChI is InChI=1S/C11H18N2O4/c1-8(7-13-6-2-3-10(13)15)12-9(14)4-5-11(16)17/h8H,2-7H2,1H3,(H,12,14)(H,16,17). The molecule has 0 aliphatic carbocycles. The van der Waals surface area contributed by atoms with Crippen molar-refractivity contribution in [2.75, 3.05) is 13.1 Å².